The van der Waals surface area contributed by atoms with Gasteiger partial charge >= 0.3 is 23.9 Å². The predicted molar refractivity (Wildman–Crippen MR) is 40.4 cm³/mol. The van der Waals surface area contributed by atoms with E-state index in [-0.39, 0.29) is 0 Å². The number of halogens is 13. The van der Waals surface area contributed by atoms with Gasteiger partial charge in [0.15, 0.2) is 11.7 Å². The standard InChI is InChI=1S/C8HF13/c9-1-2(10)3(11)4(12)5(13,14)6(15,16)7(17,18)8(19,20)21/h1H. The van der Waals surface area contributed by atoms with E-state index >= 15 is 0 Å². The number of allylic oxidation sites excluding steroid dienone is 3. The summed E-state index contributed by atoms with van der Waals surface area (Å²) < 4.78 is 158. The molecule has 0 rings (SSSR count). The molecular formula is C8HF13. The van der Waals surface area contributed by atoms with Crippen LogP contribution in [-0.4, -0.2) is 23.9 Å². The van der Waals surface area contributed by atoms with E-state index in [1.54, 1.807) is 0 Å². The molecule has 0 amide bonds. The maximum Gasteiger partial charge on any atom is 0.460 e. The van der Waals surface area contributed by atoms with E-state index in [0.29, 0.717) is 0 Å². The average Bonchev–Trinajstić information content (AvgIpc) is 2.33. The molecule has 124 valence electrons. The molecule has 0 saturated heterocycles. The second kappa shape index (κ2) is 5.40. The number of rotatable bonds is 4. The highest BCUT2D eigenvalue weighted by Gasteiger charge is 2.83. The molecule has 0 aliphatic rings. The Hall–Kier alpha value is -1.43. The summed E-state index contributed by atoms with van der Waals surface area (Å²) in [5, 5.41) is 0. The van der Waals surface area contributed by atoms with Gasteiger partial charge in [-0.1, -0.05) is 0 Å². The van der Waals surface area contributed by atoms with Gasteiger partial charge < -0.3 is 0 Å². The zero-order valence-corrected chi connectivity index (χ0v) is 8.99. The maximum absolute atomic E-state index is 12.6. The van der Waals surface area contributed by atoms with E-state index in [1.165, 1.54) is 0 Å². The molecule has 21 heavy (non-hydrogen) atoms. The van der Waals surface area contributed by atoms with Crippen molar-refractivity contribution in [2.45, 2.75) is 23.9 Å². The molecule has 0 saturated carbocycles. The van der Waals surface area contributed by atoms with Gasteiger partial charge in [-0.2, -0.15) is 39.5 Å². The Morgan fingerprint density at radius 1 is 0.667 bits per heavy atom. The van der Waals surface area contributed by atoms with Gasteiger partial charge in [0, 0.05) is 0 Å². The predicted octanol–water partition coefficient (Wildman–Crippen LogP) is 5.39. The Bertz CT molecular complexity index is 451. The van der Waals surface area contributed by atoms with Gasteiger partial charge in [-0.05, 0) is 0 Å². The molecule has 0 nitrogen and oxygen atoms in total. The highest BCUT2D eigenvalue weighted by Crippen LogP contribution is 2.56. The van der Waals surface area contributed by atoms with E-state index in [1.807, 2.05) is 0 Å². The third-order valence-electron chi connectivity index (χ3n) is 1.92. The van der Waals surface area contributed by atoms with Crippen molar-refractivity contribution in [3.8, 4) is 0 Å². The zero-order valence-electron chi connectivity index (χ0n) is 8.99. The zero-order chi connectivity index (χ0) is 17.4. The smallest absolute Gasteiger partial charge is 0.212 e. The van der Waals surface area contributed by atoms with Crippen LogP contribution in [0.3, 0.4) is 0 Å². The summed E-state index contributed by atoms with van der Waals surface area (Å²) >= 11 is 0. The van der Waals surface area contributed by atoms with Crippen LogP contribution in [0.2, 0.25) is 0 Å². The van der Waals surface area contributed by atoms with E-state index in [0.717, 1.165) is 0 Å². The monoisotopic (exact) mass is 344 g/mol. The third kappa shape index (κ3) is 2.95. The molecule has 0 aliphatic carbocycles. The third-order valence-corrected chi connectivity index (χ3v) is 1.92. The summed E-state index contributed by atoms with van der Waals surface area (Å²) in [7, 11) is 0. The number of alkyl halides is 9. The number of hydrogen-bond acceptors (Lipinski definition) is 0. The fraction of sp³-hybridized carbons (Fsp3) is 0.500. The van der Waals surface area contributed by atoms with Gasteiger partial charge in [-0.25, -0.2) is 17.6 Å². The molecule has 0 radical (unpaired) electrons. The first-order chi connectivity index (χ1) is 9.05. The Balaban J connectivity index is 6.15. The minimum absolute atomic E-state index is 1.55. The second-order valence-corrected chi connectivity index (χ2v) is 3.31. The van der Waals surface area contributed by atoms with Crippen LogP contribution in [0.25, 0.3) is 0 Å². The lowest BCUT2D eigenvalue weighted by Crippen LogP contribution is -2.61. The molecule has 0 bridgehead atoms. The highest BCUT2D eigenvalue weighted by atomic mass is 19.4. The van der Waals surface area contributed by atoms with E-state index < -0.39 is 47.8 Å². The van der Waals surface area contributed by atoms with Gasteiger partial charge in [0.1, 0.15) is 6.33 Å². The van der Waals surface area contributed by atoms with E-state index in [9.17, 15) is 57.1 Å². The van der Waals surface area contributed by atoms with Crippen LogP contribution >= 0.6 is 0 Å². The molecule has 0 fully saturated rings. The van der Waals surface area contributed by atoms with Crippen LogP contribution in [0.15, 0.2) is 23.8 Å². The lowest BCUT2D eigenvalue weighted by atomic mass is 10.0. The number of hydrogen-bond donors (Lipinski definition) is 0. The minimum atomic E-state index is -7.52. The molecule has 0 heterocycles. The van der Waals surface area contributed by atoms with Crippen LogP contribution in [0, 0.1) is 0 Å². The SMILES string of the molecule is FC=C(F)C(F)=C(F)C(F)(F)C(F)(F)C(F)(F)C(F)(F)F. The average molecular weight is 344 g/mol. The van der Waals surface area contributed by atoms with Crippen molar-refractivity contribution >= 4 is 0 Å². The van der Waals surface area contributed by atoms with Gasteiger partial charge in [0.05, 0.1) is 0 Å². The van der Waals surface area contributed by atoms with Crippen LogP contribution in [-0.2, 0) is 0 Å². The maximum atomic E-state index is 12.6. The molecule has 0 aliphatic heterocycles. The van der Waals surface area contributed by atoms with Crippen molar-refractivity contribution < 1.29 is 57.1 Å². The normalized spacial score (nSPS) is 16.9. The first kappa shape index (κ1) is 19.6. The van der Waals surface area contributed by atoms with Crippen molar-refractivity contribution in [1.29, 1.82) is 0 Å². The van der Waals surface area contributed by atoms with Crippen LogP contribution in [0.4, 0.5) is 57.1 Å². The van der Waals surface area contributed by atoms with Gasteiger partial charge in [0.2, 0.25) is 5.83 Å². The first-order valence-corrected chi connectivity index (χ1v) is 4.27. The van der Waals surface area contributed by atoms with E-state index in [4.69, 9.17) is 0 Å². The second-order valence-electron chi connectivity index (χ2n) is 3.31. The molecule has 0 unspecified atom stereocenters. The lowest BCUT2D eigenvalue weighted by molar-refractivity contribution is -0.391. The fourth-order valence-electron chi connectivity index (χ4n) is 0.804. The summed E-state index contributed by atoms with van der Waals surface area (Å²) in [5.74, 6) is -33.3. The van der Waals surface area contributed by atoms with Gasteiger partial charge in [0.25, 0.3) is 0 Å². The minimum Gasteiger partial charge on any atom is -0.212 e. The fourth-order valence-corrected chi connectivity index (χ4v) is 0.804. The summed E-state index contributed by atoms with van der Waals surface area (Å²) in [6, 6.07) is 0. The highest BCUT2D eigenvalue weighted by molar-refractivity contribution is 5.27. The quantitative estimate of drug-likeness (QED) is 0.474. The molecular weight excluding hydrogens is 343 g/mol. The summed E-state index contributed by atoms with van der Waals surface area (Å²) in [6.45, 7) is 0. The van der Waals surface area contributed by atoms with Gasteiger partial charge in [-0.3, -0.25) is 0 Å². The summed E-state index contributed by atoms with van der Waals surface area (Å²) in [6.07, 6.45) is -8.81. The van der Waals surface area contributed by atoms with Crippen molar-refractivity contribution in [2.75, 3.05) is 0 Å². The molecule has 0 aromatic rings. The molecule has 0 atom stereocenters. The largest absolute Gasteiger partial charge is 0.460 e. The lowest BCUT2D eigenvalue weighted by Gasteiger charge is -2.32. The van der Waals surface area contributed by atoms with Crippen molar-refractivity contribution in [3.63, 3.8) is 0 Å². The van der Waals surface area contributed by atoms with Crippen molar-refractivity contribution in [1.82, 2.24) is 0 Å². The molecule has 0 N–H and O–H groups in total. The van der Waals surface area contributed by atoms with Gasteiger partial charge in [-0.15, -0.1) is 0 Å². The van der Waals surface area contributed by atoms with Crippen LogP contribution in [0.1, 0.15) is 0 Å². The Morgan fingerprint density at radius 3 is 1.33 bits per heavy atom. The van der Waals surface area contributed by atoms with Crippen LogP contribution in [0.5, 0.6) is 0 Å². The van der Waals surface area contributed by atoms with Crippen LogP contribution < -0.4 is 0 Å². The first-order valence-electron chi connectivity index (χ1n) is 4.27. The van der Waals surface area contributed by atoms with Crippen molar-refractivity contribution in [3.05, 3.63) is 23.8 Å². The Labute approximate surface area is 106 Å². The summed E-state index contributed by atoms with van der Waals surface area (Å²) in [4.78, 5) is 0. The molecule has 0 spiro atoms. The molecule has 13 heteroatoms. The summed E-state index contributed by atoms with van der Waals surface area (Å²) in [5.41, 5.74) is 0. The topological polar surface area (TPSA) is 0 Å². The molecule has 0 aromatic carbocycles. The molecule has 0 aromatic heterocycles. The Morgan fingerprint density at radius 2 is 1.05 bits per heavy atom. The van der Waals surface area contributed by atoms with Crippen molar-refractivity contribution in [2.24, 2.45) is 0 Å². The van der Waals surface area contributed by atoms with E-state index in [2.05, 4.69) is 0 Å². The Kier molecular flexibility index (Phi) is 5.04.